The van der Waals surface area contributed by atoms with Crippen LogP contribution in [0.3, 0.4) is 0 Å². The van der Waals surface area contributed by atoms with Crippen LogP contribution in [-0.4, -0.2) is 17.0 Å². The van der Waals surface area contributed by atoms with Crippen molar-refractivity contribution in [3.05, 3.63) is 58.7 Å². The zero-order chi connectivity index (χ0) is 14.8. The Balaban J connectivity index is 1.83. The highest BCUT2D eigenvalue weighted by Gasteiger charge is 2.33. The smallest absolute Gasteiger partial charge is 0.0290 e. The molecule has 0 saturated carbocycles. The molecule has 2 atom stereocenters. The van der Waals surface area contributed by atoms with E-state index in [0.29, 0.717) is 6.04 Å². The third-order valence-corrected chi connectivity index (χ3v) is 5.22. The summed E-state index contributed by atoms with van der Waals surface area (Å²) in [6.45, 7) is 7.88. The summed E-state index contributed by atoms with van der Waals surface area (Å²) in [4.78, 5) is 2.74. The summed E-state index contributed by atoms with van der Waals surface area (Å²) in [6, 6.07) is 12.3. The zero-order valence-corrected chi connectivity index (χ0v) is 13.6. The summed E-state index contributed by atoms with van der Waals surface area (Å²) in [5, 5.41) is 0. The molecule has 0 aromatic heterocycles. The van der Waals surface area contributed by atoms with Crippen molar-refractivity contribution in [1.82, 2.24) is 4.90 Å². The Morgan fingerprint density at radius 2 is 1.86 bits per heavy atom. The van der Waals surface area contributed by atoms with E-state index in [-0.39, 0.29) is 0 Å². The van der Waals surface area contributed by atoms with Gasteiger partial charge in [0, 0.05) is 18.6 Å². The Morgan fingerprint density at radius 1 is 1.10 bits per heavy atom. The van der Waals surface area contributed by atoms with Gasteiger partial charge < -0.3 is 0 Å². The van der Waals surface area contributed by atoms with Gasteiger partial charge in [0.25, 0.3) is 0 Å². The second kappa shape index (κ2) is 6.19. The maximum absolute atomic E-state index is 2.74. The molecule has 2 unspecified atom stereocenters. The number of rotatable bonds is 3. The fourth-order valence-electron chi connectivity index (χ4n) is 3.76. The normalized spacial score (nSPS) is 25.4. The number of piperidine rings is 1. The topological polar surface area (TPSA) is 3.24 Å². The predicted octanol–water partition coefficient (Wildman–Crippen LogP) is 5.10. The SMILES string of the molecule is CC(C)=C(C)C1=CC2CCCC(C1)N2Cc1ccccc1. The van der Waals surface area contributed by atoms with Crippen LogP contribution < -0.4 is 0 Å². The van der Waals surface area contributed by atoms with Crippen LogP contribution in [0.25, 0.3) is 0 Å². The van der Waals surface area contributed by atoms with Gasteiger partial charge in [0.05, 0.1) is 0 Å². The molecule has 2 aliphatic rings. The first-order valence-electron chi connectivity index (χ1n) is 8.30. The first-order valence-corrected chi connectivity index (χ1v) is 8.30. The average molecular weight is 281 g/mol. The van der Waals surface area contributed by atoms with E-state index in [4.69, 9.17) is 0 Å². The van der Waals surface area contributed by atoms with Gasteiger partial charge in [0.2, 0.25) is 0 Å². The Hall–Kier alpha value is -1.34. The van der Waals surface area contributed by atoms with E-state index in [2.05, 4.69) is 62.1 Å². The third kappa shape index (κ3) is 3.13. The summed E-state index contributed by atoms with van der Waals surface area (Å²) in [5.41, 5.74) is 6.04. The lowest BCUT2D eigenvalue weighted by Gasteiger charge is -2.45. The molecule has 0 radical (unpaired) electrons. The molecule has 0 amide bonds. The molecule has 3 rings (SSSR count). The molecule has 1 nitrogen and oxygen atoms in total. The lowest BCUT2D eigenvalue weighted by atomic mass is 9.82. The molecule has 1 heteroatoms. The number of hydrogen-bond donors (Lipinski definition) is 0. The van der Waals surface area contributed by atoms with Gasteiger partial charge in [-0.15, -0.1) is 0 Å². The zero-order valence-electron chi connectivity index (χ0n) is 13.6. The molecule has 0 aliphatic carbocycles. The van der Waals surface area contributed by atoms with Crippen molar-refractivity contribution in [2.45, 2.75) is 65.1 Å². The number of benzene rings is 1. The van der Waals surface area contributed by atoms with Crippen LogP contribution in [0.4, 0.5) is 0 Å². The number of allylic oxidation sites excluding steroid dienone is 2. The molecule has 1 aromatic carbocycles. The highest BCUT2D eigenvalue weighted by Crippen LogP contribution is 2.37. The average Bonchev–Trinajstić information content (AvgIpc) is 2.47. The fourth-order valence-corrected chi connectivity index (χ4v) is 3.76. The Bertz CT molecular complexity index is 548. The molecule has 1 saturated heterocycles. The second-order valence-electron chi connectivity index (χ2n) is 6.83. The van der Waals surface area contributed by atoms with Crippen molar-refractivity contribution in [1.29, 1.82) is 0 Å². The molecule has 21 heavy (non-hydrogen) atoms. The van der Waals surface area contributed by atoms with E-state index in [1.807, 2.05) is 0 Å². The summed E-state index contributed by atoms with van der Waals surface area (Å²) in [6.07, 6.45) is 7.86. The first-order chi connectivity index (χ1) is 10.1. The van der Waals surface area contributed by atoms with E-state index in [0.717, 1.165) is 12.6 Å². The van der Waals surface area contributed by atoms with Crippen LogP contribution in [0.5, 0.6) is 0 Å². The minimum absolute atomic E-state index is 0.641. The van der Waals surface area contributed by atoms with E-state index >= 15 is 0 Å². The lowest BCUT2D eigenvalue weighted by molar-refractivity contribution is 0.0893. The van der Waals surface area contributed by atoms with Crippen molar-refractivity contribution in [2.24, 2.45) is 0 Å². The Kier molecular flexibility index (Phi) is 4.30. The molecule has 1 fully saturated rings. The maximum Gasteiger partial charge on any atom is 0.0290 e. The molecule has 2 heterocycles. The monoisotopic (exact) mass is 281 g/mol. The first kappa shape index (κ1) is 14.6. The Labute approximate surface area is 129 Å². The third-order valence-electron chi connectivity index (χ3n) is 5.22. The minimum Gasteiger partial charge on any atom is -0.289 e. The quantitative estimate of drug-likeness (QED) is 0.745. The fraction of sp³-hybridized carbons (Fsp3) is 0.500. The van der Waals surface area contributed by atoms with Crippen LogP contribution in [0.2, 0.25) is 0 Å². The van der Waals surface area contributed by atoms with Crippen molar-refractivity contribution in [3.8, 4) is 0 Å². The van der Waals surface area contributed by atoms with Crippen molar-refractivity contribution < 1.29 is 0 Å². The van der Waals surface area contributed by atoms with E-state index in [1.165, 1.54) is 42.4 Å². The number of fused-ring (bicyclic) bond motifs is 2. The van der Waals surface area contributed by atoms with Gasteiger partial charge in [-0.2, -0.15) is 0 Å². The van der Waals surface area contributed by atoms with E-state index in [1.54, 1.807) is 5.57 Å². The van der Waals surface area contributed by atoms with Crippen LogP contribution in [0.15, 0.2) is 53.1 Å². The van der Waals surface area contributed by atoms with Gasteiger partial charge in [0.1, 0.15) is 0 Å². The number of nitrogens with zero attached hydrogens (tertiary/aromatic N) is 1. The van der Waals surface area contributed by atoms with E-state index in [9.17, 15) is 0 Å². The standard InChI is InChI=1S/C20H27N/c1-15(2)16(3)18-12-19-10-7-11-20(13-18)21(19)14-17-8-5-4-6-9-17/h4-6,8-9,12,19-20H,7,10-11,13-14H2,1-3H3. The largest absolute Gasteiger partial charge is 0.289 e. The predicted molar refractivity (Wildman–Crippen MR) is 90.2 cm³/mol. The van der Waals surface area contributed by atoms with Crippen molar-refractivity contribution in [3.63, 3.8) is 0 Å². The van der Waals surface area contributed by atoms with Gasteiger partial charge in [-0.1, -0.05) is 48.4 Å². The summed E-state index contributed by atoms with van der Waals surface area (Å²) in [5.74, 6) is 0. The van der Waals surface area contributed by atoms with Crippen LogP contribution in [0.1, 0.15) is 52.0 Å². The molecular formula is C20H27N. The van der Waals surface area contributed by atoms with Crippen molar-refractivity contribution in [2.75, 3.05) is 0 Å². The lowest BCUT2D eigenvalue weighted by Crippen LogP contribution is -2.48. The molecule has 2 aliphatic heterocycles. The molecular weight excluding hydrogens is 254 g/mol. The van der Waals surface area contributed by atoms with Gasteiger partial charge in [0.15, 0.2) is 0 Å². The minimum atomic E-state index is 0.641. The summed E-state index contributed by atoms with van der Waals surface area (Å²) >= 11 is 0. The summed E-state index contributed by atoms with van der Waals surface area (Å²) < 4.78 is 0. The highest BCUT2D eigenvalue weighted by atomic mass is 15.2. The molecule has 0 spiro atoms. The van der Waals surface area contributed by atoms with Gasteiger partial charge in [-0.3, -0.25) is 4.90 Å². The number of hydrogen-bond acceptors (Lipinski definition) is 1. The second-order valence-corrected chi connectivity index (χ2v) is 6.83. The van der Waals surface area contributed by atoms with Crippen LogP contribution in [-0.2, 0) is 6.54 Å². The maximum atomic E-state index is 2.74. The molecule has 1 aromatic rings. The van der Waals surface area contributed by atoms with Crippen molar-refractivity contribution >= 4 is 0 Å². The van der Waals surface area contributed by atoms with Gasteiger partial charge in [-0.05, 0) is 56.7 Å². The highest BCUT2D eigenvalue weighted by molar-refractivity contribution is 5.36. The molecule has 0 N–H and O–H groups in total. The van der Waals surface area contributed by atoms with Crippen LogP contribution >= 0.6 is 0 Å². The van der Waals surface area contributed by atoms with Gasteiger partial charge in [-0.25, -0.2) is 0 Å². The van der Waals surface area contributed by atoms with Crippen LogP contribution in [0, 0.1) is 0 Å². The summed E-state index contributed by atoms with van der Waals surface area (Å²) in [7, 11) is 0. The Morgan fingerprint density at radius 3 is 2.52 bits per heavy atom. The van der Waals surface area contributed by atoms with E-state index < -0.39 is 0 Å². The molecule has 2 bridgehead atoms. The molecule has 112 valence electrons. The van der Waals surface area contributed by atoms with Gasteiger partial charge >= 0.3 is 0 Å².